The molecule has 1 heterocycles. The van der Waals surface area contributed by atoms with Crippen LogP contribution in [-0.4, -0.2) is 37.0 Å². The molecule has 1 aliphatic heterocycles. The average molecular weight is 417 g/mol. The highest BCUT2D eigenvalue weighted by atomic mass is 35.5. The SMILES string of the molecule is CNCCCC(=O)N1CCc2c(cccc2NC(=O)Nc2ccc(C)cc2)C1.Cl. The molecule has 0 spiro atoms. The lowest BCUT2D eigenvalue weighted by Gasteiger charge is -2.30. The molecule has 0 aliphatic carbocycles. The largest absolute Gasteiger partial charge is 0.338 e. The number of anilines is 2. The van der Waals surface area contributed by atoms with Gasteiger partial charge in [-0.1, -0.05) is 29.8 Å². The predicted octanol–water partition coefficient (Wildman–Crippen LogP) is 3.95. The summed E-state index contributed by atoms with van der Waals surface area (Å²) in [6, 6.07) is 13.3. The van der Waals surface area contributed by atoms with Gasteiger partial charge in [0, 0.05) is 30.9 Å². The number of fused-ring (bicyclic) bond motifs is 1. The Morgan fingerprint density at radius 3 is 2.55 bits per heavy atom. The van der Waals surface area contributed by atoms with Gasteiger partial charge < -0.3 is 20.9 Å². The number of benzene rings is 2. The quantitative estimate of drug-likeness (QED) is 0.624. The van der Waals surface area contributed by atoms with E-state index in [1.807, 2.05) is 61.3 Å². The Morgan fingerprint density at radius 1 is 1.07 bits per heavy atom. The molecule has 2 aromatic rings. The number of carbonyl (C=O) groups excluding carboxylic acids is 2. The number of nitrogens with one attached hydrogen (secondary N) is 3. The van der Waals surface area contributed by atoms with Gasteiger partial charge in [0.15, 0.2) is 0 Å². The lowest BCUT2D eigenvalue weighted by atomic mass is 9.97. The van der Waals surface area contributed by atoms with Crippen molar-refractivity contribution in [3.63, 3.8) is 0 Å². The molecule has 0 atom stereocenters. The van der Waals surface area contributed by atoms with Crippen LogP contribution in [0, 0.1) is 6.92 Å². The molecule has 0 bridgehead atoms. The molecule has 3 N–H and O–H groups in total. The van der Waals surface area contributed by atoms with Crippen LogP contribution in [-0.2, 0) is 17.8 Å². The fraction of sp³-hybridized carbons (Fsp3) is 0.364. The maximum absolute atomic E-state index is 12.4. The molecule has 0 saturated heterocycles. The minimum Gasteiger partial charge on any atom is -0.338 e. The first-order chi connectivity index (χ1) is 13.6. The van der Waals surface area contributed by atoms with Gasteiger partial charge in [0.05, 0.1) is 0 Å². The van der Waals surface area contributed by atoms with E-state index < -0.39 is 0 Å². The summed E-state index contributed by atoms with van der Waals surface area (Å²) >= 11 is 0. The molecular formula is C22H29ClN4O2. The van der Waals surface area contributed by atoms with E-state index in [9.17, 15) is 9.59 Å². The summed E-state index contributed by atoms with van der Waals surface area (Å²) < 4.78 is 0. The van der Waals surface area contributed by atoms with Gasteiger partial charge >= 0.3 is 6.03 Å². The van der Waals surface area contributed by atoms with Crippen molar-refractivity contribution in [3.8, 4) is 0 Å². The van der Waals surface area contributed by atoms with Crippen LogP contribution >= 0.6 is 12.4 Å². The van der Waals surface area contributed by atoms with Crippen LogP contribution in [0.15, 0.2) is 42.5 Å². The zero-order valence-corrected chi connectivity index (χ0v) is 17.8. The first-order valence-electron chi connectivity index (χ1n) is 9.74. The molecule has 0 radical (unpaired) electrons. The van der Waals surface area contributed by atoms with Gasteiger partial charge in [0.25, 0.3) is 0 Å². The second-order valence-corrected chi connectivity index (χ2v) is 7.16. The van der Waals surface area contributed by atoms with E-state index >= 15 is 0 Å². The Balaban J connectivity index is 0.00000300. The van der Waals surface area contributed by atoms with Crippen LogP contribution in [0.3, 0.4) is 0 Å². The molecule has 3 amide bonds. The third kappa shape index (κ3) is 6.21. The number of hydrogen-bond donors (Lipinski definition) is 3. The fourth-order valence-electron chi connectivity index (χ4n) is 3.44. The van der Waals surface area contributed by atoms with Gasteiger partial charge in [-0.05, 0) is 62.7 Å². The highest BCUT2D eigenvalue weighted by Crippen LogP contribution is 2.27. The van der Waals surface area contributed by atoms with Crippen molar-refractivity contribution in [1.82, 2.24) is 10.2 Å². The minimum atomic E-state index is -0.261. The van der Waals surface area contributed by atoms with Gasteiger partial charge in [-0.15, -0.1) is 12.4 Å². The maximum Gasteiger partial charge on any atom is 0.323 e. The van der Waals surface area contributed by atoms with E-state index in [0.717, 1.165) is 47.5 Å². The molecular weight excluding hydrogens is 388 g/mol. The second-order valence-electron chi connectivity index (χ2n) is 7.16. The van der Waals surface area contributed by atoms with Crippen molar-refractivity contribution in [2.75, 3.05) is 30.8 Å². The van der Waals surface area contributed by atoms with E-state index in [0.29, 0.717) is 19.5 Å². The summed E-state index contributed by atoms with van der Waals surface area (Å²) in [4.78, 5) is 26.7. The number of rotatable bonds is 6. The van der Waals surface area contributed by atoms with Crippen molar-refractivity contribution in [1.29, 1.82) is 0 Å². The molecule has 0 fully saturated rings. The summed E-state index contributed by atoms with van der Waals surface area (Å²) in [6.07, 6.45) is 2.15. The molecule has 6 nitrogen and oxygen atoms in total. The van der Waals surface area contributed by atoms with Crippen LogP contribution in [0.2, 0.25) is 0 Å². The monoisotopic (exact) mass is 416 g/mol. The maximum atomic E-state index is 12.4. The van der Waals surface area contributed by atoms with E-state index in [4.69, 9.17) is 0 Å². The van der Waals surface area contributed by atoms with Crippen molar-refractivity contribution in [2.45, 2.75) is 32.7 Å². The van der Waals surface area contributed by atoms with Crippen LogP contribution in [0.4, 0.5) is 16.2 Å². The third-order valence-electron chi connectivity index (χ3n) is 4.99. The molecule has 0 aromatic heterocycles. The topological polar surface area (TPSA) is 73.5 Å². The Labute approximate surface area is 178 Å². The van der Waals surface area contributed by atoms with Gasteiger partial charge in [0.1, 0.15) is 0 Å². The van der Waals surface area contributed by atoms with Crippen molar-refractivity contribution in [2.24, 2.45) is 0 Å². The van der Waals surface area contributed by atoms with E-state index in [1.54, 1.807) is 0 Å². The van der Waals surface area contributed by atoms with Crippen molar-refractivity contribution < 1.29 is 9.59 Å². The Morgan fingerprint density at radius 2 is 1.83 bits per heavy atom. The standard InChI is InChI=1S/C22H28N4O2.ClH/c1-16-8-10-18(11-9-16)24-22(28)25-20-6-3-5-17-15-26(14-12-19(17)20)21(27)7-4-13-23-2;/h3,5-6,8-11,23H,4,7,12-15H2,1-2H3,(H2,24,25,28);1H. The van der Waals surface area contributed by atoms with Crippen LogP contribution in [0.1, 0.15) is 29.5 Å². The van der Waals surface area contributed by atoms with Crippen molar-refractivity contribution in [3.05, 3.63) is 59.2 Å². The predicted molar refractivity (Wildman–Crippen MR) is 120 cm³/mol. The minimum absolute atomic E-state index is 0. The van der Waals surface area contributed by atoms with Gasteiger partial charge in [-0.2, -0.15) is 0 Å². The van der Waals surface area contributed by atoms with Crippen molar-refractivity contribution >= 4 is 35.7 Å². The van der Waals surface area contributed by atoms with Crippen LogP contribution < -0.4 is 16.0 Å². The van der Waals surface area contributed by atoms with E-state index in [2.05, 4.69) is 16.0 Å². The molecule has 29 heavy (non-hydrogen) atoms. The molecule has 0 saturated carbocycles. The molecule has 3 rings (SSSR count). The second kappa shape index (κ2) is 10.8. The first-order valence-corrected chi connectivity index (χ1v) is 9.74. The third-order valence-corrected chi connectivity index (χ3v) is 4.99. The van der Waals surface area contributed by atoms with Crippen LogP contribution in [0.25, 0.3) is 0 Å². The average Bonchev–Trinajstić information content (AvgIpc) is 2.69. The van der Waals surface area contributed by atoms with Gasteiger partial charge in [-0.3, -0.25) is 4.79 Å². The Kier molecular flexibility index (Phi) is 8.49. The molecule has 7 heteroatoms. The number of carbonyl (C=O) groups is 2. The zero-order chi connectivity index (χ0) is 19.9. The lowest BCUT2D eigenvalue weighted by molar-refractivity contribution is -0.132. The smallest absolute Gasteiger partial charge is 0.323 e. The number of aryl methyl sites for hydroxylation is 1. The summed E-state index contributed by atoms with van der Waals surface area (Å²) in [5.74, 6) is 0.191. The molecule has 0 unspecified atom stereocenters. The summed E-state index contributed by atoms with van der Waals surface area (Å²) in [7, 11) is 1.89. The Bertz CT molecular complexity index is 839. The lowest BCUT2D eigenvalue weighted by Crippen LogP contribution is -2.36. The first kappa shape index (κ1) is 22.7. The summed E-state index contributed by atoms with van der Waals surface area (Å²) in [5.41, 5.74) is 4.92. The molecule has 1 aliphatic rings. The highest BCUT2D eigenvalue weighted by molar-refractivity contribution is 6.00. The zero-order valence-electron chi connectivity index (χ0n) is 17.0. The number of amides is 3. The number of halogens is 1. The van der Waals surface area contributed by atoms with Crippen LogP contribution in [0.5, 0.6) is 0 Å². The Hall–Kier alpha value is -2.57. The summed E-state index contributed by atoms with van der Waals surface area (Å²) in [5, 5.41) is 8.89. The number of nitrogens with zero attached hydrogens (tertiary/aromatic N) is 1. The van der Waals surface area contributed by atoms with E-state index in [-0.39, 0.29) is 24.3 Å². The van der Waals surface area contributed by atoms with Gasteiger partial charge in [-0.25, -0.2) is 4.79 Å². The summed E-state index contributed by atoms with van der Waals surface area (Å²) in [6.45, 7) is 4.14. The number of urea groups is 1. The number of hydrogen-bond acceptors (Lipinski definition) is 3. The fourth-order valence-corrected chi connectivity index (χ4v) is 3.44. The molecule has 2 aromatic carbocycles. The normalized spacial score (nSPS) is 12.6. The molecule has 156 valence electrons. The van der Waals surface area contributed by atoms with Gasteiger partial charge in [0.2, 0.25) is 5.91 Å². The van der Waals surface area contributed by atoms with E-state index in [1.165, 1.54) is 0 Å². The highest BCUT2D eigenvalue weighted by Gasteiger charge is 2.22.